The summed E-state index contributed by atoms with van der Waals surface area (Å²) in [4.78, 5) is 21.4. The van der Waals surface area contributed by atoms with E-state index in [-0.39, 0.29) is 0 Å². The van der Waals surface area contributed by atoms with E-state index in [0.29, 0.717) is 11.8 Å². The van der Waals surface area contributed by atoms with E-state index in [2.05, 4.69) is 116 Å². The molecule has 0 atom stereocenters. The van der Waals surface area contributed by atoms with Gasteiger partial charge in [0.2, 0.25) is 0 Å². The normalized spacial score (nSPS) is 13.2. The SMILES string of the molecule is CC(C)Cc1ccc(-c2c3c[c]([Sn]([CH3])([CH3])[CH3])sc3c(-c3ccc(CC(C)C)s3)c3c[c]([Sn]([CH3])([CH3])[CH3])sc23)s1. The molecule has 5 rings (SSSR count). The molecular formula is C32H42S4Sn2. The van der Waals surface area contributed by atoms with E-state index in [0.717, 1.165) is 0 Å². The van der Waals surface area contributed by atoms with Gasteiger partial charge in [-0.2, -0.15) is 0 Å². The summed E-state index contributed by atoms with van der Waals surface area (Å²) in [5.74, 6) is 1.38. The van der Waals surface area contributed by atoms with Crippen molar-refractivity contribution in [1.29, 1.82) is 0 Å². The van der Waals surface area contributed by atoms with Crippen LogP contribution >= 0.6 is 45.3 Å². The summed E-state index contributed by atoms with van der Waals surface area (Å²) in [5, 5.41) is 3.04. The van der Waals surface area contributed by atoms with E-state index in [4.69, 9.17) is 0 Å². The first-order chi connectivity index (χ1) is 17.7. The Morgan fingerprint density at radius 2 is 0.921 bits per heavy atom. The average molecular weight is 792 g/mol. The van der Waals surface area contributed by atoms with Crippen molar-refractivity contribution in [3.63, 3.8) is 0 Å². The Morgan fingerprint density at radius 3 is 1.24 bits per heavy atom. The molecule has 0 unspecified atom stereocenters. The molecule has 202 valence electrons. The molecule has 1 aromatic carbocycles. The average Bonchev–Trinajstić information content (AvgIpc) is 3.56. The van der Waals surface area contributed by atoms with Crippen LogP contribution in [0.1, 0.15) is 37.4 Å². The van der Waals surface area contributed by atoms with Gasteiger partial charge in [-0.25, -0.2) is 0 Å². The molecule has 0 amide bonds. The zero-order valence-electron chi connectivity index (χ0n) is 24.7. The van der Waals surface area contributed by atoms with Gasteiger partial charge in [-0.05, 0) is 0 Å². The number of hydrogen-bond donors (Lipinski definition) is 0. The van der Waals surface area contributed by atoms with Gasteiger partial charge in [0.25, 0.3) is 0 Å². The Balaban J connectivity index is 1.88. The summed E-state index contributed by atoms with van der Waals surface area (Å²) in [7, 11) is 0. The van der Waals surface area contributed by atoms with Crippen LogP contribution in [0.4, 0.5) is 0 Å². The van der Waals surface area contributed by atoms with Gasteiger partial charge in [0.05, 0.1) is 0 Å². The quantitative estimate of drug-likeness (QED) is 0.137. The van der Waals surface area contributed by atoms with Crippen LogP contribution in [0.3, 0.4) is 0 Å². The second kappa shape index (κ2) is 11.1. The van der Waals surface area contributed by atoms with Crippen LogP contribution in [0.2, 0.25) is 29.6 Å². The van der Waals surface area contributed by atoms with Crippen LogP contribution in [0.5, 0.6) is 0 Å². The second-order valence-electron chi connectivity index (χ2n) is 13.7. The van der Waals surface area contributed by atoms with E-state index in [1.807, 2.05) is 22.7 Å². The first-order valence-electron chi connectivity index (χ1n) is 13.9. The molecule has 0 saturated carbocycles. The Morgan fingerprint density at radius 1 is 0.553 bits per heavy atom. The molecule has 5 aromatic rings. The minimum atomic E-state index is -2.27. The Hall–Kier alpha value is 0.137. The molecule has 0 fully saturated rings. The fourth-order valence-corrected chi connectivity index (χ4v) is 20.6. The molecule has 0 nitrogen and oxygen atoms in total. The number of fused-ring (bicyclic) bond motifs is 2. The van der Waals surface area contributed by atoms with Gasteiger partial charge in [0.15, 0.2) is 0 Å². The van der Waals surface area contributed by atoms with Gasteiger partial charge in [-0.3, -0.25) is 0 Å². The zero-order valence-corrected chi connectivity index (χ0v) is 33.6. The molecule has 0 aliphatic carbocycles. The van der Waals surface area contributed by atoms with Crippen LogP contribution in [0.15, 0.2) is 36.4 Å². The number of rotatable bonds is 8. The Kier molecular flexibility index (Phi) is 8.64. The summed E-state index contributed by atoms with van der Waals surface area (Å²) in [6.07, 6.45) is 2.34. The fourth-order valence-electron chi connectivity index (χ4n) is 5.05. The van der Waals surface area contributed by atoms with Gasteiger partial charge in [0.1, 0.15) is 0 Å². The molecule has 4 aromatic heterocycles. The molecule has 0 aliphatic heterocycles. The monoisotopic (exact) mass is 794 g/mol. The third kappa shape index (κ3) is 6.01. The molecule has 0 aliphatic rings. The molecule has 38 heavy (non-hydrogen) atoms. The third-order valence-corrected chi connectivity index (χ3v) is 30.4. The molecule has 4 heterocycles. The third-order valence-electron chi connectivity index (χ3n) is 6.97. The second-order valence-corrected chi connectivity index (χ2v) is 49.0. The zero-order chi connectivity index (χ0) is 27.6. The molecule has 0 radical (unpaired) electrons. The first kappa shape index (κ1) is 29.6. The van der Waals surface area contributed by atoms with Crippen molar-refractivity contribution in [2.24, 2.45) is 11.8 Å². The van der Waals surface area contributed by atoms with Gasteiger partial charge in [0, 0.05) is 0 Å². The first-order valence-corrected chi connectivity index (χ1v) is 37.2. The van der Waals surface area contributed by atoms with Crippen LogP contribution in [0.25, 0.3) is 41.1 Å². The molecule has 0 saturated heterocycles. The van der Waals surface area contributed by atoms with Crippen molar-refractivity contribution >= 4 is 108 Å². The molecular weight excluding hydrogens is 750 g/mol. The molecule has 0 bridgehead atoms. The Bertz CT molecular complexity index is 1420. The summed E-state index contributed by atoms with van der Waals surface area (Å²) >= 11 is 3.81. The topological polar surface area (TPSA) is 0 Å². The number of thiophene rings is 4. The van der Waals surface area contributed by atoms with E-state index in [1.165, 1.54) is 54.2 Å². The van der Waals surface area contributed by atoms with Crippen LogP contribution in [0, 0.1) is 11.8 Å². The number of benzene rings is 1. The number of hydrogen-bond acceptors (Lipinski definition) is 4. The van der Waals surface area contributed by atoms with Crippen molar-refractivity contribution in [2.75, 3.05) is 0 Å². The van der Waals surface area contributed by atoms with Gasteiger partial charge >= 0.3 is 257 Å². The van der Waals surface area contributed by atoms with Gasteiger partial charge in [-0.1, -0.05) is 0 Å². The summed E-state index contributed by atoms with van der Waals surface area (Å²) in [5.41, 5.74) is 3.06. The standard InChI is InChI=1S/C26H24S4.6CH3.2Sn/c1-15(2)13-17-5-7-21(29-17)23-19-9-11-28-26(19)24(20-10-12-27-25(20)23)22-8-6-18(30-22)14-16(3)4;;;;;;;;/h5-10,15-16H,13-14H2,1-4H3;6*1H3;;. The Labute approximate surface area is 254 Å². The maximum absolute atomic E-state index is 2.64. The maximum atomic E-state index is 2.64. The van der Waals surface area contributed by atoms with E-state index in [1.54, 1.807) is 15.2 Å². The van der Waals surface area contributed by atoms with Crippen molar-refractivity contribution in [3.05, 3.63) is 46.2 Å². The van der Waals surface area contributed by atoms with Crippen LogP contribution in [-0.4, -0.2) is 36.8 Å². The van der Waals surface area contributed by atoms with Gasteiger partial charge < -0.3 is 0 Å². The fraction of sp³-hybridized carbons (Fsp3) is 0.438. The van der Waals surface area contributed by atoms with Crippen molar-refractivity contribution < 1.29 is 0 Å². The predicted molar refractivity (Wildman–Crippen MR) is 187 cm³/mol. The summed E-state index contributed by atoms with van der Waals surface area (Å²) < 4.78 is 6.48. The van der Waals surface area contributed by atoms with Crippen molar-refractivity contribution in [3.8, 4) is 20.9 Å². The van der Waals surface area contributed by atoms with E-state index in [9.17, 15) is 0 Å². The van der Waals surface area contributed by atoms with Gasteiger partial charge in [-0.15, -0.1) is 0 Å². The van der Waals surface area contributed by atoms with E-state index >= 15 is 0 Å². The van der Waals surface area contributed by atoms with Crippen molar-refractivity contribution in [2.45, 2.75) is 70.2 Å². The summed E-state index contributed by atoms with van der Waals surface area (Å²) in [6, 6.07) is 14.9. The summed E-state index contributed by atoms with van der Waals surface area (Å²) in [6.45, 7) is 9.34. The van der Waals surface area contributed by atoms with Crippen LogP contribution < -0.4 is 5.79 Å². The molecule has 0 spiro atoms. The van der Waals surface area contributed by atoms with E-state index < -0.39 is 36.8 Å². The minimum absolute atomic E-state index is 0.689. The van der Waals surface area contributed by atoms with Crippen LogP contribution in [-0.2, 0) is 12.8 Å². The predicted octanol–water partition coefficient (Wildman–Crippen LogP) is 11.1. The van der Waals surface area contributed by atoms with Crippen molar-refractivity contribution in [1.82, 2.24) is 0 Å². The molecule has 0 N–H and O–H groups in total. The molecule has 6 heteroatoms.